The predicted octanol–water partition coefficient (Wildman–Crippen LogP) is 4.00. The molecule has 5 heteroatoms. The van der Waals surface area contributed by atoms with E-state index in [9.17, 15) is 0 Å². The van der Waals surface area contributed by atoms with Gasteiger partial charge < -0.3 is 18.6 Å². The molecule has 25 heavy (non-hydrogen) atoms. The van der Waals surface area contributed by atoms with Crippen LogP contribution in [0, 0.1) is 25.2 Å². The molecule has 2 aromatic rings. The normalized spacial score (nSPS) is 15.9. The van der Waals surface area contributed by atoms with Crippen molar-refractivity contribution in [3.63, 3.8) is 0 Å². The Bertz CT molecular complexity index is 758. The molecule has 1 aromatic carbocycles. The first-order valence-corrected chi connectivity index (χ1v) is 8.53. The van der Waals surface area contributed by atoms with Crippen molar-refractivity contribution in [2.45, 2.75) is 39.4 Å². The van der Waals surface area contributed by atoms with E-state index in [1.165, 1.54) is 0 Å². The lowest BCUT2D eigenvalue weighted by atomic mass is 10.1. The lowest BCUT2D eigenvalue weighted by Crippen LogP contribution is -2.21. The van der Waals surface area contributed by atoms with E-state index >= 15 is 0 Å². The molecule has 0 spiro atoms. The average Bonchev–Trinajstić information content (AvgIpc) is 3.23. The number of rotatable bonds is 6. The smallest absolute Gasteiger partial charge is 0.225 e. The van der Waals surface area contributed by atoms with Gasteiger partial charge in [-0.05, 0) is 62.6 Å². The average molecular weight is 341 g/mol. The van der Waals surface area contributed by atoms with Crippen LogP contribution in [0.3, 0.4) is 0 Å². The molecule has 1 aliphatic heterocycles. The molecule has 3 rings (SSSR count). The molecule has 0 saturated carbocycles. The van der Waals surface area contributed by atoms with Crippen molar-refractivity contribution in [2.75, 3.05) is 19.8 Å². The molecule has 0 bridgehead atoms. The van der Waals surface area contributed by atoms with Crippen molar-refractivity contribution >= 4 is 0 Å². The van der Waals surface area contributed by atoms with Crippen LogP contribution in [0.1, 0.15) is 41.6 Å². The van der Waals surface area contributed by atoms with Gasteiger partial charge in [-0.3, -0.25) is 0 Å². The molecule has 5 nitrogen and oxygen atoms in total. The molecule has 1 aliphatic rings. The predicted molar refractivity (Wildman–Crippen MR) is 92.4 cm³/mol. The van der Waals surface area contributed by atoms with Gasteiger partial charge >= 0.3 is 0 Å². The Kier molecular flexibility index (Phi) is 5.12. The second-order valence-electron chi connectivity index (χ2n) is 6.41. The van der Waals surface area contributed by atoms with Crippen LogP contribution in [0.4, 0.5) is 0 Å². The number of furan rings is 1. The number of hydrogen-bond donors (Lipinski definition) is 0. The highest BCUT2D eigenvalue weighted by Gasteiger charge is 2.36. The highest BCUT2D eigenvalue weighted by Crippen LogP contribution is 2.32. The zero-order valence-electron chi connectivity index (χ0n) is 14.9. The van der Waals surface area contributed by atoms with Crippen LogP contribution in [0.2, 0.25) is 0 Å². The highest BCUT2D eigenvalue weighted by molar-refractivity contribution is 5.47. The summed E-state index contributed by atoms with van der Waals surface area (Å²) >= 11 is 0. The minimum absolute atomic E-state index is 0.587. The quantitative estimate of drug-likeness (QED) is 0.743. The van der Waals surface area contributed by atoms with Gasteiger partial charge in [0.1, 0.15) is 11.5 Å². The topological polar surface area (TPSA) is 64.6 Å². The number of benzene rings is 1. The fourth-order valence-corrected chi connectivity index (χ4v) is 3.08. The van der Waals surface area contributed by atoms with Gasteiger partial charge in [0.25, 0.3) is 0 Å². The third-order valence-corrected chi connectivity index (χ3v) is 4.35. The number of aryl methyl sites for hydroxylation is 3. The van der Waals surface area contributed by atoms with Gasteiger partial charge in [0.2, 0.25) is 5.79 Å². The maximum Gasteiger partial charge on any atom is 0.225 e. The molecule has 0 unspecified atom stereocenters. The number of hydrogen-bond acceptors (Lipinski definition) is 5. The lowest BCUT2D eigenvalue weighted by Gasteiger charge is -2.19. The van der Waals surface area contributed by atoms with Crippen molar-refractivity contribution in [2.24, 2.45) is 0 Å². The number of nitrogens with zero attached hydrogens (tertiary/aromatic N) is 1. The number of nitriles is 1. The summed E-state index contributed by atoms with van der Waals surface area (Å²) in [5, 5.41) is 9.00. The van der Waals surface area contributed by atoms with Gasteiger partial charge in [-0.1, -0.05) is 0 Å². The minimum Gasteiger partial charge on any atom is -0.493 e. The van der Waals surface area contributed by atoms with Gasteiger partial charge in [0, 0.05) is 6.42 Å². The van der Waals surface area contributed by atoms with E-state index in [2.05, 4.69) is 6.07 Å². The number of ether oxygens (including phenoxy) is 3. The van der Waals surface area contributed by atoms with Crippen molar-refractivity contribution in [1.82, 2.24) is 0 Å². The third-order valence-electron chi connectivity index (χ3n) is 4.35. The summed E-state index contributed by atoms with van der Waals surface area (Å²) in [5.74, 6) is 1.71. The monoisotopic (exact) mass is 341 g/mol. The van der Waals surface area contributed by atoms with E-state index in [4.69, 9.17) is 23.9 Å². The molecule has 0 atom stereocenters. The second-order valence-corrected chi connectivity index (χ2v) is 6.41. The van der Waals surface area contributed by atoms with Gasteiger partial charge in [-0.25, -0.2) is 0 Å². The van der Waals surface area contributed by atoms with Crippen LogP contribution in [0.15, 0.2) is 28.7 Å². The molecule has 1 aromatic heterocycles. The zero-order chi connectivity index (χ0) is 17.9. The fourth-order valence-electron chi connectivity index (χ4n) is 3.08. The Morgan fingerprint density at radius 2 is 1.84 bits per heavy atom. The SMILES string of the molecule is Cc1cc(C#N)cc(C)c1OCCCc1ccc(C2(C)OCCO2)o1. The maximum absolute atomic E-state index is 9.00. The lowest BCUT2D eigenvalue weighted by molar-refractivity contribution is -0.163. The van der Waals surface area contributed by atoms with Crippen LogP contribution >= 0.6 is 0 Å². The largest absolute Gasteiger partial charge is 0.493 e. The van der Waals surface area contributed by atoms with Crippen molar-refractivity contribution in [3.8, 4) is 11.8 Å². The summed E-state index contributed by atoms with van der Waals surface area (Å²) in [6, 6.07) is 9.74. The summed E-state index contributed by atoms with van der Waals surface area (Å²) in [6.07, 6.45) is 1.62. The Morgan fingerprint density at radius 3 is 2.48 bits per heavy atom. The van der Waals surface area contributed by atoms with Gasteiger partial charge in [-0.2, -0.15) is 5.26 Å². The Balaban J connectivity index is 1.53. The molecule has 1 fully saturated rings. The standard InChI is InChI=1S/C20H23NO4/c1-14-11-16(13-21)12-15(2)19(14)22-8-4-5-17-6-7-18(25-17)20(3)23-9-10-24-20/h6-7,11-12H,4-5,8-10H2,1-3H3. The maximum atomic E-state index is 9.00. The molecule has 2 heterocycles. The summed E-state index contributed by atoms with van der Waals surface area (Å²) < 4.78 is 23.0. The van der Waals surface area contributed by atoms with Crippen molar-refractivity contribution in [3.05, 3.63) is 52.5 Å². The van der Waals surface area contributed by atoms with Gasteiger partial charge in [-0.15, -0.1) is 0 Å². The molecule has 0 aliphatic carbocycles. The van der Waals surface area contributed by atoms with E-state index in [0.29, 0.717) is 31.1 Å². The van der Waals surface area contributed by atoms with E-state index < -0.39 is 5.79 Å². The molecule has 0 N–H and O–H groups in total. The van der Waals surface area contributed by atoms with E-state index in [1.807, 2.05) is 45.0 Å². The summed E-state index contributed by atoms with van der Waals surface area (Å²) in [6.45, 7) is 7.57. The fraction of sp³-hybridized carbons (Fsp3) is 0.450. The highest BCUT2D eigenvalue weighted by atomic mass is 16.7. The Hall–Kier alpha value is -2.29. The van der Waals surface area contributed by atoms with E-state index in [0.717, 1.165) is 35.5 Å². The van der Waals surface area contributed by atoms with E-state index in [1.54, 1.807) is 0 Å². The van der Waals surface area contributed by atoms with Crippen LogP contribution in [-0.2, 0) is 21.7 Å². The van der Waals surface area contributed by atoms with Crippen LogP contribution in [0.5, 0.6) is 5.75 Å². The molecule has 0 radical (unpaired) electrons. The zero-order valence-corrected chi connectivity index (χ0v) is 14.9. The third kappa shape index (κ3) is 3.87. The van der Waals surface area contributed by atoms with Crippen molar-refractivity contribution < 1.29 is 18.6 Å². The molecule has 0 amide bonds. The second kappa shape index (κ2) is 7.30. The first kappa shape index (κ1) is 17.5. The Labute approximate surface area is 148 Å². The van der Waals surface area contributed by atoms with Crippen molar-refractivity contribution in [1.29, 1.82) is 5.26 Å². The first-order chi connectivity index (χ1) is 12.0. The summed E-state index contributed by atoms with van der Waals surface area (Å²) in [7, 11) is 0. The van der Waals surface area contributed by atoms with Gasteiger partial charge in [0.15, 0.2) is 5.76 Å². The van der Waals surface area contributed by atoms with Crippen LogP contribution in [-0.4, -0.2) is 19.8 Å². The molecular formula is C20H23NO4. The molecule has 132 valence electrons. The molecule has 1 saturated heterocycles. The first-order valence-electron chi connectivity index (χ1n) is 8.53. The van der Waals surface area contributed by atoms with E-state index in [-0.39, 0.29) is 0 Å². The summed E-state index contributed by atoms with van der Waals surface area (Å²) in [4.78, 5) is 0. The van der Waals surface area contributed by atoms with Crippen LogP contribution in [0.25, 0.3) is 0 Å². The van der Waals surface area contributed by atoms with Gasteiger partial charge in [0.05, 0.1) is 31.5 Å². The van der Waals surface area contributed by atoms with Crippen LogP contribution < -0.4 is 4.74 Å². The minimum atomic E-state index is -0.758. The summed E-state index contributed by atoms with van der Waals surface area (Å²) in [5.41, 5.74) is 2.64. The molecular weight excluding hydrogens is 318 g/mol. The Morgan fingerprint density at radius 1 is 1.16 bits per heavy atom.